The second-order valence-electron chi connectivity index (χ2n) is 5.78. The van der Waals surface area contributed by atoms with Gasteiger partial charge in [0.1, 0.15) is 0 Å². The number of nitrogens with one attached hydrogen (secondary N) is 1. The highest BCUT2D eigenvalue weighted by Gasteiger charge is 2.16. The summed E-state index contributed by atoms with van der Waals surface area (Å²) in [5.41, 5.74) is 7.59. The summed E-state index contributed by atoms with van der Waals surface area (Å²) in [6.07, 6.45) is 0. The molecule has 0 heterocycles. The molecule has 0 saturated heterocycles. The summed E-state index contributed by atoms with van der Waals surface area (Å²) in [5, 5.41) is 3.47. The molecule has 0 aliphatic rings. The molecule has 1 aromatic carbocycles. The summed E-state index contributed by atoms with van der Waals surface area (Å²) >= 11 is 0. The number of carbonyl (C=O) groups excluding carboxylic acids is 1. The van der Waals surface area contributed by atoms with Gasteiger partial charge in [-0.15, -0.1) is 0 Å². The fourth-order valence-electron chi connectivity index (χ4n) is 2.06. The average Bonchev–Trinajstić information content (AvgIpc) is 2.39. The van der Waals surface area contributed by atoms with E-state index in [4.69, 9.17) is 10.5 Å². The van der Waals surface area contributed by atoms with E-state index in [0.29, 0.717) is 29.8 Å². The summed E-state index contributed by atoms with van der Waals surface area (Å²) in [6, 6.07) is 5.68. The molecule has 21 heavy (non-hydrogen) atoms. The van der Waals surface area contributed by atoms with Crippen molar-refractivity contribution in [3.05, 3.63) is 23.8 Å². The van der Waals surface area contributed by atoms with Crippen molar-refractivity contribution in [2.75, 3.05) is 38.3 Å². The molecule has 0 radical (unpaired) electrons. The Morgan fingerprint density at radius 2 is 2.05 bits per heavy atom. The number of nitrogens with two attached hydrogens (primary N) is 1. The highest BCUT2D eigenvalue weighted by atomic mass is 16.5. The third kappa shape index (κ3) is 5.27. The second-order valence-corrected chi connectivity index (χ2v) is 5.78. The van der Waals surface area contributed by atoms with Crippen LogP contribution in [0.25, 0.3) is 0 Å². The van der Waals surface area contributed by atoms with Gasteiger partial charge in [-0.1, -0.05) is 13.8 Å². The van der Waals surface area contributed by atoms with Crippen molar-refractivity contribution >= 4 is 17.3 Å². The van der Waals surface area contributed by atoms with E-state index < -0.39 is 0 Å². The lowest BCUT2D eigenvalue weighted by Gasteiger charge is -2.27. The van der Waals surface area contributed by atoms with Gasteiger partial charge in [-0.05, 0) is 45.1 Å². The van der Waals surface area contributed by atoms with E-state index in [0.717, 1.165) is 12.2 Å². The Hall–Kier alpha value is -1.75. The van der Waals surface area contributed by atoms with E-state index >= 15 is 0 Å². The molecule has 0 aromatic heterocycles. The number of esters is 1. The molecule has 118 valence electrons. The summed E-state index contributed by atoms with van der Waals surface area (Å²) in [7, 11) is 4.09. The van der Waals surface area contributed by atoms with Crippen molar-refractivity contribution in [3.8, 4) is 0 Å². The first-order chi connectivity index (χ1) is 9.85. The van der Waals surface area contributed by atoms with Gasteiger partial charge >= 0.3 is 5.97 Å². The predicted octanol–water partition coefficient (Wildman–Crippen LogP) is 2.44. The number of nitrogen functional groups attached to an aromatic ring is 1. The number of hydrogen-bond donors (Lipinski definition) is 2. The zero-order chi connectivity index (χ0) is 16.0. The van der Waals surface area contributed by atoms with Crippen LogP contribution in [0.1, 0.15) is 31.1 Å². The highest BCUT2D eigenvalue weighted by molar-refractivity contribution is 5.96. The van der Waals surface area contributed by atoms with Crippen LogP contribution in [0, 0.1) is 5.92 Å². The molecule has 1 atom stereocenters. The van der Waals surface area contributed by atoms with Crippen LogP contribution in [0.5, 0.6) is 0 Å². The lowest BCUT2D eigenvalue weighted by atomic mass is 10.0. The standard InChI is InChI=1S/C16H27N3O2/c1-6-21-16(20)13-9-12(7-8-14(13)17)18-15(11(2)3)10-19(4)5/h7-9,11,15,18H,6,10,17H2,1-5H3. The van der Waals surface area contributed by atoms with Crippen molar-refractivity contribution < 1.29 is 9.53 Å². The third-order valence-electron chi connectivity index (χ3n) is 3.27. The van der Waals surface area contributed by atoms with Crippen molar-refractivity contribution in [2.24, 2.45) is 5.92 Å². The molecule has 1 aromatic rings. The van der Waals surface area contributed by atoms with E-state index in [2.05, 4.69) is 24.1 Å². The van der Waals surface area contributed by atoms with Crippen molar-refractivity contribution in [1.82, 2.24) is 4.90 Å². The van der Waals surface area contributed by atoms with Crippen LogP contribution in [0.3, 0.4) is 0 Å². The molecule has 1 rings (SSSR count). The first-order valence-electron chi connectivity index (χ1n) is 7.33. The average molecular weight is 293 g/mol. The predicted molar refractivity (Wildman–Crippen MR) is 87.6 cm³/mol. The van der Waals surface area contributed by atoms with E-state index in [-0.39, 0.29) is 5.97 Å². The molecule has 1 unspecified atom stereocenters. The fraction of sp³-hybridized carbons (Fsp3) is 0.562. The SMILES string of the molecule is CCOC(=O)c1cc(NC(CN(C)C)C(C)C)ccc1N. The lowest BCUT2D eigenvalue weighted by molar-refractivity contribution is 0.0527. The Balaban J connectivity index is 2.92. The van der Waals surface area contributed by atoms with Gasteiger partial charge in [0.05, 0.1) is 12.2 Å². The Bertz CT molecular complexity index is 473. The Kier molecular flexibility index (Phi) is 6.49. The first-order valence-corrected chi connectivity index (χ1v) is 7.33. The van der Waals surface area contributed by atoms with Crippen LogP contribution < -0.4 is 11.1 Å². The minimum absolute atomic E-state index is 0.290. The summed E-state index contributed by atoms with van der Waals surface area (Å²) < 4.78 is 5.03. The molecule has 0 aliphatic heterocycles. The molecule has 5 nitrogen and oxygen atoms in total. The summed E-state index contributed by atoms with van der Waals surface area (Å²) in [6.45, 7) is 7.37. The van der Waals surface area contributed by atoms with E-state index in [1.54, 1.807) is 19.1 Å². The molecular formula is C16H27N3O2. The van der Waals surface area contributed by atoms with Gasteiger partial charge in [-0.3, -0.25) is 0 Å². The van der Waals surface area contributed by atoms with Crippen LogP contribution in [-0.2, 0) is 4.74 Å². The second kappa shape index (κ2) is 7.88. The molecule has 0 fully saturated rings. The topological polar surface area (TPSA) is 67.6 Å². The Morgan fingerprint density at radius 3 is 2.57 bits per heavy atom. The van der Waals surface area contributed by atoms with Crippen LogP contribution in [0.15, 0.2) is 18.2 Å². The summed E-state index contributed by atoms with van der Waals surface area (Å²) in [4.78, 5) is 14.0. The van der Waals surface area contributed by atoms with Gasteiger partial charge in [-0.25, -0.2) is 4.79 Å². The van der Waals surface area contributed by atoms with Crippen LogP contribution in [-0.4, -0.2) is 44.2 Å². The number of likely N-dealkylation sites (N-methyl/N-ethyl adjacent to an activating group) is 1. The molecule has 0 amide bonds. The van der Waals surface area contributed by atoms with Gasteiger partial charge in [0.25, 0.3) is 0 Å². The number of benzene rings is 1. The quantitative estimate of drug-likeness (QED) is 0.597. The van der Waals surface area contributed by atoms with E-state index in [1.165, 1.54) is 0 Å². The minimum atomic E-state index is -0.382. The normalized spacial score (nSPS) is 12.5. The van der Waals surface area contributed by atoms with Gasteiger partial charge in [0.15, 0.2) is 0 Å². The van der Waals surface area contributed by atoms with Crippen LogP contribution in [0.2, 0.25) is 0 Å². The highest BCUT2D eigenvalue weighted by Crippen LogP contribution is 2.21. The molecule has 0 bridgehead atoms. The number of nitrogens with zero attached hydrogens (tertiary/aromatic N) is 1. The molecular weight excluding hydrogens is 266 g/mol. The van der Waals surface area contributed by atoms with Gasteiger partial charge in [0, 0.05) is 24.0 Å². The van der Waals surface area contributed by atoms with E-state index in [1.807, 2.05) is 20.2 Å². The monoisotopic (exact) mass is 293 g/mol. The lowest BCUT2D eigenvalue weighted by Crippen LogP contribution is -2.36. The molecule has 0 spiro atoms. The number of rotatable bonds is 7. The zero-order valence-corrected chi connectivity index (χ0v) is 13.6. The van der Waals surface area contributed by atoms with Gasteiger partial charge in [-0.2, -0.15) is 0 Å². The third-order valence-corrected chi connectivity index (χ3v) is 3.27. The van der Waals surface area contributed by atoms with Crippen LogP contribution in [0.4, 0.5) is 11.4 Å². The fourth-order valence-corrected chi connectivity index (χ4v) is 2.06. The first kappa shape index (κ1) is 17.3. The Labute approximate surface area is 127 Å². The van der Waals surface area contributed by atoms with Gasteiger partial charge in [0.2, 0.25) is 0 Å². The maximum Gasteiger partial charge on any atom is 0.340 e. The number of anilines is 2. The molecule has 3 N–H and O–H groups in total. The molecule has 0 saturated carbocycles. The smallest absolute Gasteiger partial charge is 0.340 e. The zero-order valence-electron chi connectivity index (χ0n) is 13.6. The molecule has 0 aliphatic carbocycles. The maximum absolute atomic E-state index is 11.9. The van der Waals surface area contributed by atoms with Crippen molar-refractivity contribution in [3.63, 3.8) is 0 Å². The Morgan fingerprint density at radius 1 is 1.38 bits per heavy atom. The minimum Gasteiger partial charge on any atom is -0.462 e. The van der Waals surface area contributed by atoms with Crippen LogP contribution >= 0.6 is 0 Å². The van der Waals surface area contributed by atoms with Crippen molar-refractivity contribution in [1.29, 1.82) is 0 Å². The maximum atomic E-state index is 11.9. The number of carbonyl (C=O) groups is 1. The summed E-state index contributed by atoms with van der Waals surface area (Å²) in [5.74, 6) is 0.0864. The molecule has 5 heteroatoms. The van der Waals surface area contributed by atoms with Crippen molar-refractivity contribution in [2.45, 2.75) is 26.8 Å². The number of ether oxygens (including phenoxy) is 1. The number of hydrogen-bond acceptors (Lipinski definition) is 5. The van der Waals surface area contributed by atoms with Gasteiger partial charge < -0.3 is 20.7 Å². The largest absolute Gasteiger partial charge is 0.462 e. The van der Waals surface area contributed by atoms with E-state index in [9.17, 15) is 4.79 Å².